The Hall–Kier alpha value is -2.73. The lowest BCUT2D eigenvalue weighted by atomic mass is 10.2. The second-order valence-electron chi connectivity index (χ2n) is 5.47. The number of hydrogen-bond donors (Lipinski definition) is 2. The summed E-state index contributed by atoms with van der Waals surface area (Å²) >= 11 is 1.58. The number of aromatic nitrogens is 1. The number of nitrogens with zero attached hydrogens (tertiary/aromatic N) is 1. The number of fused-ring (bicyclic) bond motifs is 1. The minimum Gasteiger partial charge on any atom is -0.341 e. The standard InChI is InChI=1S/C18H17N3O2S/c1-11(19-18(23)13-6-4-3-5-7-13)17(22)21-14-8-9-15-16(10-14)24-12(2)20-15/h3-11H,1-2H3,(H,19,23)(H,21,22). The van der Waals surface area contributed by atoms with Gasteiger partial charge in [0.1, 0.15) is 6.04 Å². The first-order chi connectivity index (χ1) is 11.5. The highest BCUT2D eigenvalue weighted by Crippen LogP contribution is 2.24. The summed E-state index contributed by atoms with van der Waals surface area (Å²) in [5.41, 5.74) is 2.14. The van der Waals surface area contributed by atoms with E-state index in [9.17, 15) is 9.59 Å². The molecular weight excluding hydrogens is 322 g/mol. The first kappa shape index (κ1) is 16.1. The van der Waals surface area contributed by atoms with E-state index in [4.69, 9.17) is 0 Å². The van der Waals surface area contributed by atoms with E-state index in [0.717, 1.165) is 15.2 Å². The fraction of sp³-hybridized carbons (Fsp3) is 0.167. The summed E-state index contributed by atoms with van der Waals surface area (Å²) in [4.78, 5) is 28.8. The molecule has 122 valence electrons. The molecule has 5 nitrogen and oxygen atoms in total. The number of amides is 2. The van der Waals surface area contributed by atoms with Gasteiger partial charge in [0.25, 0.3) is 5.91 Å². The van der Waals surface area contributed by atoms with Crippen molar-refractivity contribution in [3.8, 4) is 0 Å². The predicted octanol–water partition coefficient (Wildman–Crippen LogP) is 3.36. The summed E-state index contributed by atoms with van der Waals surface area (Å²) in [7, 11) is 0. The Morgan fingerprint density at radius 1 is 1.12 bits per heavy atom. The van der Waals surface area contributed by atoms with Gasteiger partial charge in [0, 0.05) is 11.3 Å². The summed E-state index contributed by atoms with van der Waals surface area (Å²) in [6.45, 7) is 3.61. The Balaban J connectivity index is 1.65. The van der Waals surface area contributed by atoms with Crippen LogP contribution in [-0.4, -0.2) is 22.8 Å². The van der Waals surface area contributed by atoms with Crippen molar-refractivity contribution >= 4 is 39.1 Å². The van der Waals surface area contributed by atoms with Crippen molar-refractivity contribution in [2.45, 2.75) is 19.9 Å². The summed E-state index contributed by atoms with van der Waals surface area (Å²) in [6, 6.07) is 13.8. The monoisotopic (exact) mass is 339 g/mol. The van der Waals surface area contributed by atoms with E-state index in [2.05, 4.69) is 15.6 Å². The summed E-state index contributed by atoms with van der Waals surface area (Å²) < 4.78 is 1.02. The summed E-state index contributed by atoms with van der Waals surface area (Å²) in [5, 5.41) is 6.51. The number of nitrogens with one attached hydrogen (secondary N) is 2. The zero-order valence-electron chi connectivity index (χ0n) is 13.4. The summed E-state index contributed by atoms with van der Waals surface area (Å²) in [5.74, 6) is -0.536. The zero-order valence-corrected chi connectivity index (χ0v) is 14.2. The Bertz CT molecular complexity index is 890. The maximum absolute atomic E-state index is 12.3. The molecule has 3 rings (SSSR count). The molecule has 0 aliphatic carbocycles. The van der Waals surface area contributed by atoms with E-state index in [-0.39, 0.29) is 11.8 Å². The van der Waals surface area contributed by atoms with Gasteiger partial charge in [-0.05, 0) is 44.2 Å². The fourth-order valence-corrected chi connectivity index (χ4v) is 3.17. The molecule has 1 unspecified atom stereocenters. The molecule has 0 saturated heterocycles. The fourth-order valence-electron chi connectivity index (χ4n) is 2.30. The molecule has 24 heavy (non-hydrogen) atoms. The smallest absolute Gasteiger partial charge is 0.251 e. The first-order valence-corrected chi connectivity index (χ1v) is 8.38. The van der Waals surface area contributed by atoms with Gasteiger partial charge in [-0.1, -0.05) is 18.2 Å². The minimum atomic E-state index is -0.642. The molecule has 0 spiro atoms. The van der Waals surface area contributed by atoms with Crippen LogP contribution in [0.25, 0.3) is 10.2 Å². The van der Waals surface area contributed by atoms with Gasteiger partial charge in [0.05, 0.1) is 15.2 Å². The van der Waals surface area contributed by atoms with Crippen molar-refractivity contribution < 1.29 is 9.59 Å². The lowest BCUT2D eigenvalue weighted by molar-refractivity contribution is -0.117. The molecule has 3 aromatic rings. The van der Waals surface area contributed by atoms with Crippen LogP contribution in [0.15, 0.2) is 48.5 Å². The molecule has 1 heterocycles. The van der Waals surface area contributed by atoms with Crippen molar-refractivity contribution in [2.75, 3.05) is 5.32 Å². The van der Waals surface area contributed by atoms with Crippen molar-refractivity contribution in [2.24, 2.45) is 0 Å². The molecule has 2 aromatic carbocycles. The van der Waals surface area contributed by atoms with Gasteiger partial charge in [0.2, 0.25) is 5.91 Å². The highest BCUT2D eigenvalue weighted by molar-refractivity contribution is 7.18. The van der Waals surface area contributed by atoms with E-state index in [0.29, 0.717) is 11.3 Å². The predicted molar refractivity (Wildman–Crippen MR) is 96.4 cm³/mol. The van der Waals surface area contributed by atoms with Crippen LogP contribution < -0.4 is 10.6 Å². The molecule has 2 amide bonds. The largest absolute Gasteiger partial charge is 0.341 e. The van der Waals surface area contributed by atoms with Gasteiger partial charge in [0.15, 0.2) is 0 Å². The lowest BCUT2D eigenvalue weighted by Crippen LogP contribution is -2.41. The second-order valence-corrected chi connectivity index (χ2v) is 6.70. The molecule has 0 bridgehead atoms. The van der Waals surface area contributed by atoms with Gasteiger partial charge >= 0.3 is 0 Å². The van der Waals surface area contributed by atoms with Crippen molar-refractivity contribution in [3.05, 3.63) is 59.1 Å². The zero-order chi connectivity index (χ0) is 17.1. The van der Waals surface area contributed by atoms with E-state index in [1.165, 1.54) is 0 Å². The van der Waals surface area contributed by atoms with Gasteiger partial charge < -0.3 is 10.6 Å². The minimum absolute atomic E-state index is 0.264. The molecule has 0 aliphatic heterocycles. The van der Waals surface area contributed by atoms with Gasteiger partial charge in [-0.2, -0.15) is 0 Å². The maximum atomic E-state index is 12.3. The van der Waals surface area contributed by atoms with Crippen LogP contribution >= 0.6 is 11.3 Å². The number of carbonyl (C=O) groups excluding carboxylic acids is 2. The van der Waals surface area contributed by atoms with E-state index < -0.39 is 6.04 Å². The Morgan fingerprint density at radius 3 is 2.62 bits per heavy atom. The lowest BCUT2D eigenvalue weighted by Gasteiger charge is -2.14. The molecular formula is C18H17N3O2S. The normalized spacial score (nSPS) is 11.9. The van der Waals surface area contributed by atoms with E-state index in [1.807, 2.05) is 31.2 Å². The second kappa shape index (κ2) is 6.80. The third kappa shape index (κ3) is 3.60. The average Bonchev–Trinajstić information content (AvgIpc) is 2.94. The van der Waals surface area contributed by atoms with Crippen LogP contribution in [0.4, 0.5) is 5.69 Å². The van der Waals surface area contributed by atoms with Crippen LogP contribution in [0.3, 0.4) is 0 Å². The third-order valence-corrected chi connectivity index (χ3v) is 4.47. The number of carbonyl (C=O) groups is 2. The molecule has 2 N–H and O–H groups in total. The first-order valence-electron chi connectivity index (χ1n) is 7.57. The van der Waals surface area contributed by atoms with Gasteiger partial charge in [-0.15, -0.1) is 11.3 Å². The number of benzene rings is 2. The molecule has 0 radical (unpaired) electrons. The number of aryl methyl sites for hydroxylation is 1. The average molecular weight is 339 g/mol. The topological polar surface area (TPSA) is 71.1 Å². The molecule has 1 aromatic heterocycles. The Kier molecular flexibility index (Phi) is 4.57. The highest BCUT2D eigenvalue weighted by Gasteiger charge is 2.17. The molecule has 6 heteroatoms. The Labute approximate surface area is 143 Å². The number of hydrogen-bond acceptors (Lipinski definition) is 4. The Morgan fingerprint density at radius 2 is 1.88 bits per heavy atom. The summed E-state index contributed by atoms with van der Waals surface area (Å²) in [6.07, 6.45) is 0. The van der Waals surface area contributed by atoms with Crippen molar-refractivity contribution in [1.82, 2.24) is 10.3 Å². The van der Waals surface area contributed by atoms with Crippen LogP contribution in [-0.2, 0) is 4.79 Å². The molecule has 0 saturated carbocycles. The third-order valence-electron chi connectivity index (χ3n) is 3.54. The molecule has 0 fully saturated rings. The molecule has 1 atom stereocenters. The number of rotatable bonds is 4. The van der Waals surface area contributed by atoms with Crippen LogP contribution in [0.5, 0.6) is 0 Å². The maximum Gasteiger partial charge on any atom is 0.251 e. The SMILES string of the molecule is Cc1nc2ccc(NC(=O)C(C)NC(=O)c3ccccc3)cc2s1. The van der Waals surface area contributed by atoms with Gasteiger partial charge in [-0.25, -0.2) is 4.98 Å². The molecule has 0 aliphatic rings. The van der Waals surface area contributed by atoms with Crippen molar-refractivity contribution in [1.29, 1.82) is 0 Å². The van der Waals surface area contributed by atoms with Crippen LogP contribution in [0.2, 0.25) is 0 Å². The highest BCUT2D eigenvalue weighted by atomic mass is 32.1. The number of anilines is 1. The van der Waals surface area contributed by atoms with Crippen LogP contribution in [0, 0.1) is 6.92 Å². The van der Waals surface area contributed by atoms with E-state index in [1.54, 1.807) is 42.5 Å². The van der Waals surface area contributed by atoms with Crippen molar-refractivity contribution in [3.63, 3.8) is 0 Å². The quantitative estimate of drug-likeness (QED) is 0.765. The van der Waals surface area contributed by atoms with E-state index >= 15 is 0 Å². The van der Waals surface area contributed by atoms with Crippen LogP contribution in [0.1, 0.15) is 22.3 Å². The number of thiazole rings is 1. The van der Waals surface area contributed by atoms with Gasteiger partial charge in [-0.3, -0.25) is 9.59 Å².